The van der Waals surface area contributed by atoms with Gasteiger partial charge in [0.15, 0.2) is 0 Å². The van der Waals surface area contributed by atoms with E-state index in [0.29, 0.717) is 5.69 Å². The number of ether oxygens (including phenoxy) is 1. The van der Waals surface area contributed by atoms with E-state index in [1.807, 2.05) is 49.3 Å². The summed E-state index contributed by atoms with van der Waals surface area (Å²) in [5, 5.41) is 6.25. The number of nitrogens with zero attached hydrogens (tertiary/aromatic N) is 3. The number of morpholine rings is 1. The van der Waals surface area contributed by atoms with Crippen LogP contribution >= 0.6 is 0 Å². The molecule has 1 aromatic heterocycles. The first-order valence-electron chi connectivity index (χ1n) is 9.20. The standard InChI is InChI=1S/C20H27N5O2/c1-24(2)18-5-3-16(4-6-18)23-20(26)19-15-17(7-8-22-19)21-9-10-25-11-13-27-14-12-25/h3-8,15H,9-14H2,1-2H3,(H,21,22)(H,23,26). The summed E-state index contributed by atoms with van der Waals surface area (Å²) in [6.45, 7) is 5.31. The smallest absolute Gasteiger partial charge is 0.274 e. The fraction of sp³-hybridized carbons (Fsp3) is 0.400. The van der Waals surface area contributed by atoms with Gasteiger partial charge in [0.05, 0.1) is 13.2 Å². The molecule has 144 valence electrons. The third kappa shape index (κ3) is 5.67. The number of carbonyl (C=O) groups excluding carboxylic acids is 1. The molecule has 7 heteroatoms. The van der Waals surface area contributed by atoms with Crippen LogP contribution in [0.3, 0.4) is 0 Å². The van der Waals surface area contributed by atoms with E-state index in [1.165, 1.54) is 0 Å². The lowest BCUT2D eigenvalue weighted by molar-refractivity contribution is 0.0398. The predicted octanol–water partition coefficient (Wildman–Crippen LogP) is 2.14. The SMILES string of the molecule is CN(C)c1ccc(NC(=O)c2cc(NCCN3CCOCC3)ccn2)cc1. The minimum Gasteiger partial charge on any atom is -0.384 e. The van der Waals surface area contributed by atoms with Crippen molar-refractivity contribution < 1.29 is 9.53 Å². The molecule has 2 aromatic rings. The van der Waals surface area contributed by atoms with Crippen LogP contribution in [0.15, 0.2) is 42.6 Å². The van der Waals surface area contributed by atoms with E-state index in [4.69, 9.17) is 4.74 Å². The zero-order chi connectivity index (χ0) is 19.1. The molecule has 1 aliphatic rings. The number of anilines is 3. The highest BCUT2D eigenvalue weighted by molar-refractivity contribution is 6.03. The number of aromatic nitrogens is 1. The molecule has 7 nitrogen and oxygen atoms in total. The molecule has 2 heterocycles. The molecule has 27 heavy (non-hydrogen) atoms. The second-order valence-electron chi connectivity index (χ2n) is 6.71. The molecule has 0 spiro atoms. The number of hydrogen-bond donors (Lipinski definition) is 2. The second kappa shape index (κ2) is 9.34. The van der Waals surface area contributed by atoms with Gasteiger partial charge in [-0.1, -0.05) is 0 Å². The molecule has 0 unspecified atom stereocenters. The summed E-state index contributed by atoms with van der Waals surface area (Å²) in [6.07, 6.45) is 1.65. The summed E-state index contributed by atoms with van der Waals surface area (Å²) in [5.74, 6) is -0.218. The van der Waals surface area contributed by atoms with E-state index in [0.717, 1.165) is 56.5 Å². The van der Waals surface area contributed by atoms with E-state index >= 15 is 0 Å². The maximum atomic E-state index is 12.5. The van der Waals surface area contributed by atoms with Crippen LogP contribution in [0.2, 0.25) is 0 Å². The Bertz CT molecular complexity index is 742. The molecule has 2 N–H and O–H groups in total. The molecule has 1 aliphatic heterocycles. The summed E-state index contributed by atoms with van der Waals surface area (Å²) in [7, 11) is 3.96. The summed E-state index contributed by atoms with van der Waals surface area (Å²) in [5.41, 5.74) is 3.12. The molecule has 1 fully saturated rings. The maximum Gasteiger partial charge on any atom is 0.274 e. The number of benzene rings is 1. The summed E-state index contributed by atoms with van der Waals surface area (Å²) < 4.78 is 5.36. The number of rotatable bonds is 7. The highest BCUT2D eigenvalue weighted by Gasteiger charge is 2.11. The number of nitrogens with one attached hydrogen (secondary N) is 2. The van der Waals surface area contributed by atoms with Crippen LogP contribution < -0.4 is 15.5 Å². The molecule has 0 radical (unpaired) electrons. The molecule has 0 saturated carbocycles. The summed E-state index contributed by atoms with van der Waals surface area (Å²) in [4.78, 5) is 21.0. The van der Waals surface area contributed by atoms with Gasteiger partial charge in [-0.25, -0.2) is 0 Å². The Balaban J connectivity index is 1.53. The van der Waals surface area contributed by atoms with Gasteiger partial charge in [-0.05, 0) is 36.4 Å². The van der Waals surface area contributed by atoms with Crippen molar-refractivity contribution in [3.63, 3.8) is 0 Å². The van der Waals surface area contributed by atoms with Crippen LogP contribution in [0.5, 0.6) is 0 Å². The number of pyridine rings is 1. The molecular formula is C20H27N5O2. The highest BCUT2D eigenvalue weighted by Crippen LogP contribution is 2.17. The Morgan fingerprint density at radius 1 is 1.15 bits per heavy atom. The van der Waals surface area contributed by atoms with Gasteiger partial charge in [0, 0.05) is 63.5 Å². The van der Waals surface area contributed by atoms with Crippen LogP contribution in [0.1, 0.15) is 10.5 Å². The van der Waals surface area contributed by atoms with Crippen LogP contribution in [0, 0.1) is 0 Å². The first-order valence-corrected chi connectivity index (χ1v) is 9.20. The van der Waals surface area contributed by atoms with Gasteiger partial charge in [-0.2, -0.15) is 0 Å². The van der Waals surface area contributed by atoms with E-state index in [9.17, 15) is 4.79 Å². The van der Waals surface area contributed by atoms with Gasteiger partial charge in [0.2, 0.25) is 0 Å². The van der Waals surface area contributed by atoms with E-state index in [-0.39, 0.29) is 5.91 Å². The highest BCUT2D eigenvalue weighted by atomic mass is 16.5. The maximum absolute atomic E-state index is 12.5. The largest absolute Gasteiger partial charge is 0.384 e. The quantitative estimate of drug-likeness (QED) is 0.779. The number of hydrogen-bond acceptors (Lipinski definition) is 6. The Morgan fingerprint density at radius 3 is 2.59 bits per heavy atom. The third-order valence-electron chi connectivity index (χ3n) is 4.50. The third-order valence-corrected chi connectivity index (χ3v) is 4.50. The van der Waals surface area contributed by atoms with Crippen molar-refractivity contribution in [3.05, 3.63) is 48.3 Å². The average molecular weight is 369 g/mol. The lowest BCUT2D eigenvalue weighted by Crippen LogP contribution is -2.39. The van der Waals surface area contributed by atoms with Crippen LogP contribution in [-0.2, 0) is 4.74 Å². The molecular weight excluding hydrogens is 342 g/mol. The van der Waals surface area contributed by atoms with Crippen molar-refractivity contribution in [2.75, 3.05) is 69.0 Å². The van der Waals surface area contributed by atoms with Crippen molar-refractivity contribution in [1.82, 2.24) is 9.88 Å². The van der Waals surface area contributed by atoms with Gasteiger partial charge in [0.1, 0.15) is 5.69 Å². The van der Waals surface area contributed by atoms with Crippen molar-refractivity contribution in [3.8, 4) is 0 Å². The lowest BCUT2D eigenvalue weighted by Gasteiger charge is -2.26. The average Bonchev–Trinajstić information content (AvgIpc) is 2.69. The molecule has 3 rings (SSSR count). The molecule has 1 saturated heterocycles. The second-order valence-corrected chi connectivity index (χ2v) is 6.71. The zero-order valence-electron chi connectivity index (χ0n) is 15.9. The predicted molar refractivity (Wildman–Crippen MR) is 109 cm³/mol. The molecule has 0 aliphatic carbocycles. The van der Waals surface area contributed by atoms with E-state index in [1.54, 1.807) is 12.3 Å². The van der Waals surface area contributed by atoms with Crippen molar-refractivity contribution in [1.29, 1.82) is 0 Å². The zero-order valence-corrected chi connectivity index (χ0v) is 15.9. The van der Waals surface area contributed by atoms with Gasteiger partial charge in [0.25, 0.3) is 5.91 Å². The Labute approximate surface area is 160 Å². The summed E-state index contributed by atoms with van der Waals surface area (Å²) in [6, 6.07) is 11.4. The van der Waals surface area contributed by atoms with Gasteiger partial charge in [-0.15, -0.1) is 0 Å². The van der Waals surface area contributed by atoms with Gasteiger partial charge >= 0.3 is 0 Å². The fourth-order valence-corrected chi connectivity index (χ4v) is 2.89. The Kier molecular flexibility index (Phi) is 6.62. The first kappa shape index (κ1) is 19.1. The minimum absolute atomic E-state index is 0.218. The minimum atomic E-state index is -0.218. The molecule has 1 aromatic carbocycles. The normalized spacial score (nSPS) is 14.6. The van der Waals surface area contributed by atoms with E-state index in [2.05, 4.69) is 20.5 Å². The summed E-state index contributed by atoms with van der Waals surface area (Å²) >= 11 is 0. The first-order chi connectivity index (χ1) is 13.1. The molecule has 0 atom stereocenters. The van der Waals surface area contributed by atoms with Crippen LogP contribution in [-0.4, -0.2) is 69.3 Å². The van der Waals surface area contributed by atoms with Crippen molar-refractivity contribution >= 4 is 23.0 Å². The molecule has 0 bridgehead atoms. The van der Waals surface area contributed by atoms with E-state index < -0.39 is 0 Å². The van der Waals surface area contributed by atoms with Crippen molar-refractivity contribution in [2.24, 2.45) is 0 Å². The Hall–Kier alpha value is -2.64. The topological polar surface area (TPSA) is 69.7 Å². The van der Waals surface area contributed by atoms with Crippen molar-refractivity contribution in [2.45, 2.75) is 0 Å². The van der Waals surface area contributed by atoms with Crippen LogP contribution in [0.25, 0.3) is 0 Å². The lowest BCUT2D eigenvalue weighted by atomic mass is 10.2. The fourth-order valence-electron chi connectivity index (χ4n) is 2.89. The number of amides is 1. The van der Waals surface area contributed by atoms with Crippen LogP contribution in [0.4, 0.5) is 17.1 Å². The van der Waals surface area contributed by atoms with Gasteiger partial charge in [-0.3, -0.25) is 14.7 Å². The monoisotopic (exact) mass is 369 g/mol. The Morgan fingerprint density at radius 2 is 1.89 bits per heavy atom. The number of carbonyl (C=O) groups is 1. The van der Waals surface area contributed by atoms with Gasteiger partial charge < -0.3 is 20.3 Å². The molecule has 1 amide bonds.